The lowest BCUT2D eigenvalue weighted by Crippen LogP contribution is -2.54. The molecule has 0 amide bonds. The summed E-state index contributed by atoms with van der Waals surface area (Å²) in [7, 11) is 0. The van der Waals surface area contributed by atoms with E-state index in [1.165, 1.54) is 0 Å². The summed E-state index contributed by atoms with van der Waals surface area (Å²) >= 11 is 0. The van der Waals surface area contributed by atoms with Crippen LogP contribution in [0.25, 0.3) is 0 Å². The van der Waals surface area contributed by atoms with E-state index in [2.05, 4.69) is 35.1 Å². The highest BCUT2D eigenvalue weighted by Crippen LogP contribution is 2.36. The van der Waals surface area contributed by atoms with E-state index in [0.29, 0.717) is 29.8 Å². The van der Waals surface area contributed by atoms with Crippen molar-refractivity contribution < 1.29 is 9.53 Å². The van der Waals surface area contributed by atoms with Gasteiger partial charge < -0.3 is 15.0 Å². The van der Waals surface area contributed by atoms with Crippen LogP contribution >= 0.6 is 0 Å². The average molecular weight is 337 g/mol. The molecule has 5 heteroatoms. The van der Waals surface area contributed by atoms with Crippen LogP contribution in [0.2, 0.25) is 0 Å². The summed E-state index contributed by atoms with van der Waals surface area (Å²) in [5.74, 6) is 0.780. The fourth-order valence-electron chi connectivity index (χ4n) is 3.78. The van der Waals surface area contributed by atoms with E-state index in [9.17, 15) is 4.79 Å². The van der Waals surface area contributed by atoms with Crippen molar-refractivity contribution in [2.45, 2.75) is 38.5 Å². The number of hydrogen-bond donors (Lipinski definition) is 1. The number of anilines is 1. The fraction of sp³-hybridized carbons (Fsp3) is 0.400. The lowest BCUT2D eigenvalue weighted by atomic mass is 9.97. The zero-order chi connectivity index (χ0) is 17.4. The molecule has 0 saturated carbocycles. The molecule has 0 aliphatic carbocycles. The molecular formula is C20H23N3O2. The number of rotatable bonds is 2. The van der Waals surface area contributed by atoms with Crippen molar-refractivity contribution in [3.05, 3.63) is 53.9 Å². The molecule has 1 aromatic carbocycles. The number of fused-ring (bicyclic) bond motifs is 1. The highest BCUT2D eigenvalue weighted by atomic mass is 16.5. The number of nitrogens with one attached hydrogen (secondary N) is 1. The zero-order valence-corrected chi connectivity index (χ0v) is 14.6. The Balaban J connectivity index is 1.59. The molecule has 0 bridgehead atoms. The van der Waals surface area contributed by atoms with Gasteiger partial charge in [0.05, 0.1) is 17.7 Å². The Morgan fingerprint density at radius 2 is 1.96 bits per heavy atom. The Bertz CT molecular complexity index is 768. The minimum absolute atomic E-state index is 0.120. The number of piperazine rings is 1. The van der Waals surface area contributed by atoms with E-state index in [1.807, 2.05) is 30.3 Å². The van der Waals surface area contributed by atoms with Crippen molar-refractivity contribution in [2.24, 2.45) is 0 Å². The molecule has 1 N–H and O–H groups in total. The quantitative estimate of drug-likeness (QED) is 0.913. The second-order valence-electron chi connectivity index (χ2n) is 7.04. The Morgan fingerprint density at radius 1 is 1.16 bits per heavy atom. The van der Waals surface area contributed by atoms with Crippen LogP contribution in [-0.4, -0.2) is 35.9 Å². The molecule has 0 radical (unpaired) electrons. The third-order valence-corrected chi connectivity index (χ3v) is 4.84. The highest BCUT2D eigenvalue weighted by molar-refractivity contribution is 6.00. The second-order valence-corrected chi connectivity index (χ2v) is 7.04. The molecule has 3 heterocycles. The third kappa shape index (κ3) is 3.24. The summed E-state index contributed by atoms with van der Waals surface area (Å²) in [6.45, 7) is 6.25. The van der Waals surface area contributed by atoms with Crippen LogP contribution in [0, 0.1) is 0 Å². The lowest BCUT2D eigenvalue weighted by Gasteiger charge is -2.38. The van der Waals surface area contributed by atoms with Crippen molar-refractivity contribution in [2.75, 3.05) is 18.0 Å². The van der Waals surface area contributed by atoms with Crippen LogP contribution < -0.4 is 15.0 Å². The van der Waals surface area contributed by atoms with Gasteiger partial charge >= 0.3 is 0 Å². The van der Waals surface area contributed by atoms with Gasteiger partial charge in [-0.05, 0) is 44.2 Å². The summed E-state index contributed by atoms with van der Waals surface area (Å²) in [5.41, 5.74) is 2.58. The predicted molar refractivity (Wildman–Crippen MR) is 97.3 cm³/mol. The van der Waals surface area contributed by atoms with E-state index < -0.39 is 0 Å². The number of aromatic nitrogens is 1. The minimum Gasteiger partial charge on any atom is -0.483 e. The van der Waals surface area contributed by atoms with Crippen LogP contribution in [-0.2, 0) is 0 Å². The van der Waals surface area contributed by atoms with E-state index in [1.54, 1.807) is 6.20 Å². The minimum atomic E-state index is -0.300. The Kier molecular flexibility index (Phi) is 4.17. The summed E-state index contributed by atoms with van der Waals surface area (Å²) < 4.78 is 6.06. The van der Waals surface area contributed by atoms with E-state index >= 15 is 0 Å². The highest BCUT2D eigenvalue weighted by Gasteiger charge is 2.30. The van der Waals surface area contributed by atoms with Crippen molar-refractivity contribution in [3.8, 4) is 5.75 Å². The van der Waals surface area contributed by atoms with E-state index in [0.717, 1.165) is 24.5 Å². The predicted octanol–water partition coefficient (Wildman–Crippen LogP) is 2.97. The first-order chi connectivity index (χ1) is 12.1. The van der Waals surface area contributed by atoms with Crippen molar-refractivity contribution >= 4 is 11.5 Å². The molecule has 1 aromatic heterocycles. The molecule has 2 aliphatic rings. The van der Waals surface area contributed by atoms with Crippen molar-refractivity contribution in [1.82, 2.24) is 10.3 Å². The number of nitrogens with zero attached hydrogens (tertiary/aromatic N) is 2. The van der Waals surface area contributed by atoms with Gasteiger partial charge in [-0.2, -0.15) is 0 Å². The molecule has 5 nitrogen and oxygen atoms in total. The first-order valence-corrected chi connectivity index (χ1v) is 8.86. The molecular weight excluding hydrogens is 314 g/mol. The van der Waals surface area contributed by atoms with Gasteiger partial charge in [0.2, 0.25) is 0 Å². The smallest absolute Gasteiger partial charge is 0.170 e. The molecule has 2 aromatic rings. The topological polar surface area (TPSA) is 54.5 Å². The first-order valence-electron chi connectivity index (χ1n) is 8.86. The number of carbonyl (C=O) groups excluding carboxylic acids is 1. The molecule has 4 rings (SSSR count). The van der Waals surface area contributed by atoms with Crippen LogP contribution in [0.3, 0.4) is 0 Å². The largest absolute Gasteiger partial charge is 0.483 e. The molecule has 1 unspecified atom stereocenters. The van der Waals surface area contributed by atoms with Gasteiger partial charge in [0.15, 0.2) is 5.78 Å². The Hall–Kier alpha value is -2.40. The first kappa shape index (κ1) is 16.1. The van der Waals surface area contributed by atoms with Gasteiger partial charge in [-0.15, -0.1) is 0 Å². The van der Waals surface area contributed by atoms with Crippen molar-refractivity contribution in [3.63, 3.8) is 0 Å². The van der Waals surface area contributed by atoms with Gasteiger partial charge in [0, 0.05) is 37.1 Å². The Labute approximate surface area is 148 Å². The van der Waals surface area contributed by atoms with Gasteiger partial charge in [-0.1, -0.05) is 6.07 Å². The van der Waals surface area contributed by atoms with E-state index in [-0.39, 0.29) is 11.9 Å². The zero-order valence-electron chi connectivity index (χ0n) is 14.6. The van der Waals surface area contributed by atoms with Gasteiger partial charge in [-0.3, -0.25) is 9.78 Å². The molecule has 1 saturated heterocycles. The average Bonchev–Trinajstić information content (AvgIpc) is 2.61. The number of benzene rings is 1. The number of carbonyl (C=O) groups is 1. The molecule has 0 spiro atoms. The monoisotopic (exact) mass is 337 g/mol. The normalized spacial score (nSPS) is 26.1. The Morgan fingerprint density at radius 3 is 2.68 bits per heavy atom. The number of Topliss-reactive ketones (excluding diaryl/α,β-unsaturated/α-hetero) is 1. The molecule has 2 aliphatic heterocycles. The maximum atomic E-state index is 12.7. The second kappa shape index (κ2) is 6.48. The van der Waals surface area contributed by atoms with Crippen LogP contribution in [0.1, 0.15) is 42.4 Å². The maximum Gasteiger partial charge on any atom is 0.170 e. The number of ether oxygens (including phenoxy) is 1. The van der Waals surface area contributed by atoms with Crippen LogP contribution in [0.15, 0.2) is 42.6 Å². The summed E-state index contributed by atoms with van der Waals surface area (Å²) in [6, 6.07) is 12.5. The fourth-order valence-corrected chi connectivity index (χ4v) is 3.78. The molecule has 3 atom stereocenters. The summed E-state index contributed by atoms with van der Waals surface area (Å²) in [4.78, 5) is 19.4. The standard InChI is InChI=1S/C20H23N3O2/c1-13-11-23(12-14(2)22-13)15-6-7-19-16(9-15)18(24)10-20(25-19)17-5-3-4-8-21-17/h3-9,13-14,20,22H,10-12H2,1-2H3/t13-,14+,20?. The molecule has 1 fully saturated rings. The number of pyridine rings is 1. The number of ketones is 1. The third-order valence-electron chi connectivity index (χ3n) is 4.84. The van der Waals surface area contributed by atoms with E-state index in [4.69, 9.17) is 4.74 Å². The molecule has 130 valence electrons. The summed E-state index contributed by atoms with van der Waals surface area (Å²) in [6.07, 6.45) is 1.77. The SMILES string of the molecule is C[C@@H]1CN(c2ccc3c(c2)C(=O)CC(c2ccccn2)O3)C[C@H](C)N1. The molecule has 25 heavy (non-hydrogen) atoms. The van der Waals surface area contributed by atoms with Gasteiger partial charge in [0.1, 0.15) is 11.9 Å². The maximum absolute atomic E-state index is 12.7. The van der Waals surface area contributed by atoms with Gasteiger partial charge in [0.25, 0.3) is 0 Å². The summed E-state index contributed by atoms with van der Waals surface area (Å²) in [5, 5.41) is 3.53. The van der Waals surface area contributed by atoms with Crippen LogP contribution in [0.5, 0.6) is 5.75 Å². The van der Waals surface area contributed by atoms with Crippen LogP contribution in [0.4, 0.5) is 5.69 Å². The van der Waals surface area contributed by atoms with Crippen molar-refractivity contribution in [1.29, 1.82) is 0 Å². The lowest BCUT2D eigenvalue weighted by molar-refractivity contribution is 0.0845. The van der Waals surface area contributed by atoms with Gasteiger partial charge in [-0.25, -0.2) is 0 Å². The number of hydrogen-bond acceptors (Lipinski definition) is 5.